The molecule has 0 atom stereocenters. The normalized spacial score (nSPS) is 14.6. The van der Waals surface area contributed by atoms with Gasteiger partial charge in [0.25, 0.3) is 0 Å². The molecular formula is C17H29IN4. The highest BCUT2D eigenvalue weighted by atomic mass is 127. The van der Waals surface area contributed by atoms with Gasteiger partial charge >= 0.3 is 0 Å². The van der Waals surface area contributed by atoms with Crippen molar-refractivity contribution >= 4 is 29.9 Å². The van der Waals surface area contributed by atoms with Crippen molar-refractivity contribution in [3.8, 4) is 0 Å². The second-order valence-corrected chi connectivity index (χ2v) is 5.68. The lowest BCUT2D eigenvalue weighted by Gasteiger charge is -2.24. The molecule has 4 nitrogen and oxygen atoms in total. The molecule has 1 aromatic rings. The van der Waals surface area contributed by atoms with E-state index in [1.165, 1.54) is 18.4 Å². The van der Waals surface area contributed by atoms with Crippen LogP contribution in [0.2, 0.25) is 0 Å². The number of nitrogens with zero attached hydrogens (tertiary/aromatic N) is 3. The van der Waals surface area contributed by atoms with Crippen LogP contribution in [0.3, 0.4) is 0 Å². The second kappa shape index (κ2) is 10.0. The Morgan fingerprint density at radius 2 is 1.95 bits per heavy atom. The molecule has 0 unspecified atom stereocenters. The molecule has 0 spiro atoms. The van der Waals surface area contributed by atoms with Crippen LogP contribution in [0.5, 0.6) is 0 Å². The van der Waals surface area contributed by atoms with Gasteiger partial charge in [-0.1, -0.05) is 37.3 Å². The Morgan fingerprint density at radius 3 is 2.50 bits per heavy atom. The Labute approximate surface area is 152 Å². The summed E-state index contributed by atoms with van der Waals surface area (Å²) in [7, 11) is 3.93. The predicted molar refractivity (Wildman–Crippen MR) is 105 cm³/mol. The summed E-state index contributed by atoms with van der Waals surface area (Å²) in [5, 5.41) is 3.47. The summed E-state index contributed by atoms with van der Waals surface area (Å²) in [5.41, 5.74) is 1.30. The smallest absolute Gasteiger partial charge is 0.193 e. The topological polar surface area (TPSA) is 30.9 Å². The fraction of sp³-hybridized carbons (Fsp3) is 0.588. The maximum absolute atomic E-state index is 4.38. The summed E-state index contributed by atoms with van der Waals surface area (Å²) in [6.07, 6.45) is 2.74. The Kier molecular flexibility index (Phi) is 8.78. The van der Waals surface area contributed by atoms with E-state index >= 15 is 0 Å². The first kappa shape index (κ1) is 19.2. The SMILES string of the molecule is CCN(CCNC(=NC)N(C)Cc1ccccc1)C1CC1.I. The third-order valence-corrected chi connectivity index (χ3v) is 3.99. The predicted octanol–water partition coefficient (Wildman–Crippen LogP) is 2.80. The monoisotopic (exact) mass is 416 g/mol. The van der Waals surface area contributed by atoms with Crippen LogP contribution in [0.1, 0.15) is 25.3 Å². The second-order valence-electron chi connectivity index (χ2n) is 5.68. The van der Waals surface area contributed by atoms with Crippen LogP contribution < -0.4 is 5.32 Å². The van der Waals surface area contributed by atoms with Gasteiger partial charge in [0.2, 0.25) is 0 Å². The number of rotatable bonds is 7. The maximum Gasteiger partial charge on any atom is 0.193 e. The van der Waals surface area contributed by atoms with E-state index in [0.717, 1.165) is 38.2 Å². The van der Waals surface area contributed by atoms with Crippen molar-refractivity contribution in [1.29, 1.82) is 0 Å². The molecule has 1 fully saturated rings. The summed E-state index contributed by atoms with van der Waals surface area (Å²) in [4.78, 5) is 9.10. The van der Waals surface area contributed by atoms with Gasteiger partial charge in [0, 0.05) is 39.8 Å². The molecule has 0 bridgehead atoms. The molecular weight excluding hydrogens is 387 g/mol. The minimum Gasteiger partial charge on any atom is -0.355 e. The largest absolute Gasteiger partial charge is 0.355 e. The maximum atomic E-state index is 4.38. The van der Waals surface area contributed by atoms with Crippen molar-refractivity contribution in [2.75, 3.05) is 33.7 Å². The van der Waals surface area contributed by atoms with Gasteiger partial charge in [-0.2, -0.15) is 0 Å². The van der Waals surface area contributed by atoms with Crippen LogP contribution in [0.15, 0.2) is 35.3 Å². The van der Waals surface area contributed by atoms with E-state index in [1.807, 2.05) is 13.1 Å². The van der Waals surface area contributed by atoms with Crippen LogP contribution in [0.25, 0.3) is 0 Å². The third kappa shape index (κ3) is 6.12. The van der Waals surface area contributed by atoms with Crippen molar-refractivity contribution in [1.82, 2.24) is 15.1 Å². The molecule has 0 heterocycles. The zero-order valence-corrected chi connectivity index (χ0v) is 16.3. The number of guanidine groups is 1. The Hall–Kier alpha value is -0.820. The van der Waals surface area contributed by atoms with Gasteiger partial charge in [-0.05, 0) is 24.9 Å². The Balaban J connectivity index is 0.00000242. The fourth-order valence-corrected chi connectivity index (χ4v) is 2.67. The summed E-state index contributed by atoms with van der Waals surface area (Å²) in [6, 6.07) is 11.3. The minimum atomic E-state index is 0. The van der Waals surface area contributed by atoms with Crippen LogP contribution >= 0.6 is 24.0 Å². The number of hydrogen-bond acceptors (Lipinski definition) is 2. The summed E-state index contributed by atoms with van der Waals surface area (Å²) in [5.74, 6) is 0.964. The highest BCUT2D eigenvalue weighted by molar-refractivity contribution is 14.0. The molecule has 5 heteroatoms. The molecule has 22 heavy (non-hydrogen) atoms. The average molecular weight is 416 g/mol. The van der Waals surface area contributed by atoms with Gasteiger partial charge in [-0.15, -0.1) is 24.0 Å². The van der Waals surface area contributed by atoms with E-state index in [-0.39, 0.29) is 24.0 Å². The van der Waals surface area contributed by atoms with Gasteiger partial charge < -0.3 is 10.2 Å². The van der Waals surface area contributed by atoms with E-state index < -0.39 is 0 Å². The quantitative estimate of drug-likeness (QED) is 0.422. The summed E-state index contributed by atoms with van der Waals surface area (Å²) < 4.78 is 0. The third-order valence-electron chi connectivity index (χ3n) is 3.99. The number of benzene rings is 1. The molecule has 1 aromatic carbocycles. The highest BCUT2D eigenvalue weighted by Gasteiger charge is 2.27. The van der Waals surface area contributed by atoms with Crippen LogP contribution in [-0.4, -0.2) is 55.5 Å². The van der Waals surface area contributed by atoms with Crippen molar-refractivity contribution < 1.29 is 0 Å². The number of nitrogens with one attached hydrogen (secondary N) is 1. The fourth-order valence-electron chi connectivity index (χ4n) is 2.67. The van der Waals surface area contributed by atoms with Crippen molar-refractivity contribution in [2.45, 2.75) is 32.4 Å². The van der Waals surface area contributed by atoms with E-state index in [1.54, 1.807) is 0 Å². The Bertz CT molecular complexity index is 445. The standard InChI is InChI=1S/C17H28N4.HI/c1-4-21(16-10-11-16)13-12-19-17(18-2)20(3)14-15-8-6-5-7-9-15;/h5-9,16H,4,10-14H2,1-3H3,(H,18,19);1H. The molecule has 2 rings (SSSR count). The summed E-state index contributed by atoms with van der Waals surface area (Å²) >= 11 is 0. The lowest BCUT2D eigenvalue weighted by Crippen LogP contribution is -2.42. The number of aliphatic imine (C=N–C) groups is 1. The van der Waals surface area contributed by atoms with E-state index in [4.69, 9.17) is 0 Å². The molecule has 0 amide bonds. The van der Waals surface area contributed by atoms with Gasteiger partial charge in [-0.3, -0.25) is 9.89 Å². The molecule has 1 aliphatic carbocycles. The molecule has 124 valence electrons. The highest BCUT2D eigenvalue weighted by Crippen LogP contribution is 2.25. The van der Waals surface area contributed by atoms with E-state index in [2.05, 4.69) is 58.3 Å². The van der Waals surface area contributed by atoms with E-state index in [0.29, 0.717) is 0 Å². The molecule has 0 radical (unpaired) electrons. The van der Waals surface area contributed by atoms with Crippen molar-refractivity contribution in [2.24, 2.45) is 4.99 Å². The Morgan fingerprint density at radius 1 is 1.27 bits per heavy atom. The molecule has 1 aliphatic rings. The number of likely N-dealkylation sites (N-methyl/N-ethyl adjacent to an activating group) is 1. The first-order valence-corrected chi connectivity index (χ1v) is 7.94. The zero-order valence-electron chi connectivity index (χ0n) is 14.0. The van der Waals surface area contributed by atoms with Crippen LogP contribution in [0.4, 0.5) is 0 Å². The lowest BCUT2D eigenvalue weighted by molar-refractivity contribution is 0.280. The average Bonchev–Trinajstić information content (AvgIpc) is 3.33. The van der Waals surface area contributed by atoms with Gasteiger partial charge in [-0.25, -0.2) is 0 Å². The van der Waals surface area contributed by atoms with Gasteiger partial charge in [0.1, 0.15) is 0 Å². The van der Waals surface area contributed by atoms with Gasteiger partial charge in [0.05, 0.1) is 0 Å². The van der Waals surface area contributed by atoms with E-state index in [9.17, 15) is 0 Å². The first-order valence-electron chi connectivity index (χ1n) is 7.94. The summed E-state index contributed by atoms with van der Waals surface area (Å²) in [6.45, 7) is 6.32. The van der Waals surface area contributed by atoms with Crippen molar-refractivity contribution in [3.63, 3.8) is 0 Å². The lowest BCUT2D eigenvalue weighted by atomic mass is 10.2. The van der Waals surface area contributed by atoms with Crippen LogP contribution in [0, 0.1) is 0 Å². The number of hydrogen-bond donors (Lipinski definition) is 1. The first-order chi connectivity index (χ1) is 10.2. The molecule has 0 saturated heterocycles. The van der Waals surface area contributed by atoms with Crippen LogP contribution in [-0.2, 0) is 6.54 Å². The molecule has 0 aliphatic heterocycles. The van der Waals surface area contributed by atoms with Crippen molar-refractivity contribution in [3.05, 3.63) is 35.9 Å². The molecule has 0 aromatic heterocycles. The van der Waals surface area contributed by atoms with Gasteiger partial charge in [0.15, 0.2) is 5.96 Å². The minimum absolute atomic E-state index is 0. The molecule has 1 N–H and O–H groups in total. The molecule has 1 saturated carbocycles. The number of halogens is 1. The zero-order chi connectivity index (χ0) is 15.1.